The molecule has 2 aliphatic rings. The molecule has 1 heterocycles. The lowest BCUT2D eigenvalue weighted by Gasteiger charge is -2.41. The van der Waals surface area contributed by atoms with Gasteiger partial charge in [0.1, 0.15) is 5.84 Å². The molecule has 1 aliphatic heterocycles. The largest absolute Gasteiger partial charge is 0.318 e. The Morgan fingerprint density at radius 1 is 0.400 bits per heavy atom. The van der Waals surface area contributed by atoms with Gasteiger partial charge in [-0.1, -0.05) is 176 Å². The van der Waals surface area contributed by atoms with Crippen LogP contribution in [-0.4, -0.2) is 16.9 Å². The molecule has 0 radical (unpaired) electrons. The summed E-state index contributed by atoms with van der Waals surface area (Å²) in [5.74, 6) is 1.01. The van der Waals surface area contributed by atoms with E-state index >= 15 is 0 Å². The van der Waals surface area contributed by atoms with Gasteiger partial charge in [-0.3, -0.25) is 4.99 Å². The van der Waals surface area contributed by atoms with Crippen LogP contribution in [0.25, 0.3) is 54.9 Å². The molecule has 60 heavy (non-hydrogen) atoms. The van der Waals surface area contributed by atoms with Crippen LogP contribution in [0.4, 0.5) is 5.69 Å². The number of anilines is 1. The molecular formula is C58H46N2. The van der Waals surface area contributed by atoms with E-state index in [4.69, 9.17) is 4.99 Å². The second-order valence-corrected chi connectivity index (χ2v) is 17.5. The summed E-state index contributed by atoms with van der Waals surface area (Å²) in [5.41, 5.74) is 13.8. The lowest BCUT2D eigenvalue weighted by molar-refractivity contribution is 0.338. The van der Waals surface area contributed by atoms with Crippen LogP contribution in [-0.2, 0) is 5.41 Å². The predicted molar refractivity (Wildman–Crippen MR) is 253 cm³/mol. The maximum Gasteiger partial charge on any atom is 0.136 e. The molecule has 0 aromatic heterocycles. The van der Waals surface area contributed by atoms with E-state index in [0.29, 0.717) is 0 Å². The van der Waals surface area contributed by atoms with Crippen LogP contribution in [0.3, 0.4) is 0 Å². The van der Waals surface area contributed by atoms with Crippen molar-refractivity contribution in [3.05, 3.63) is 234 Å². The summed E-state index contributed by atoms with van der Waals surface area (Å²) in [4.78, 5) is 7.77. The van der Waals surface area contributed by atoms with Crippen molar-refractivity contribution in [2.75, 3.05) is 4.90 Å². The number of rotatable bonds is 6. The van der Waals surface area contributed by atoms with Gasteiger partial charge in [0.25, 0.3) is 0 Å². The van der Waals surface area contributed by atoms with Crippen molar-refractivity contribution in [2.24, 2.45) is 4.99 Å². The van der Waals surface area contributed by atoms with Gasteiger partial charge >= 0.3 is 0 Å². The van der Waals surface area contributed by atoms with Crippen LogP contribution in [0.1, 0.15) is 55.5 Å². The fourth-order valence-electron chi connectivity index (χ4n) is 10.1. The third kappa shape index (κ3) is 5.30. The number of nitrogens with zero attached hydrogens (tertiary/aromatic N) is 2. The zero-order chi connectivity index (χ0) is 40.6. The second kappa shape index (κ2) is 13.5. The van der Waals surface area contributed by atoms with Gasteiger partial charge in [0, 0.05) is 11.3 Å². The summed E-state index contributed by atoms with van der Waals surface area (Å²) in [6.45, 7) is 9.11. The number of hydrogen-bond acceptors (Lipinski definition) is 2. The van der Waals surface area contributed by atoms with Gasteiger partial charge in [-0.25, -0.2) is 0 Å². The molecule has 9 aromatic carbocycles. The van der Waals surface area contributed by atoms with E-state index in [0.717, 1.165) is 17.1 Å². The summed E-state index contributed by atoms with van der Waals surface area (Å²) in [7, 11) is 0. The highest BCUT2D eigenvalue weighted by atomic mass is 15.3. The zero-order valence-electron chi connectivity index (χ0n) is 34.5. The molecule has 2 heteroatoms. The van der Waals surface area contributed by atoms with Crippen LogP contribution in [0, 0.1) is 0 Å². The first-order chi connectivity index (χ1) is 29.3. The molecule has 0 N–H and O–H groups in total. The minimum atomic E-state index is -0.565. The van der Waals surface area contributed by atoms with Crippen molar-refractivity contribution in [2.45, 2.75) is 44.2 Å². The third-order valence-corrected chi connectivity index (χ3v) is 13.8. The fraction of sp³-hybridized carbons (Fsp3) is 0.121. The van der Waals surface area contributed by atoms with Crippen molar-refractivity contribution >= 4 is 33.1 Å². The monoisotopic (exact) mass is 770 g/mol. The maximum absolute atomic E-state index is 5.34. The van der Waals surface area contributed by atoms with Gasteiger partial charge in [-0.2, -0.15) is 0 Å². The highest BCUT2D eigenvalue weighted by Crippen LogP contribution is 2.59. The molecule has 288 valence electrons. The molecule has 2 nitrogen and oxygen atoms in total. The van der Waals surface area contributed by atoms with Crippen molar-refractivity contribution in [3.63, 3.8) is 0 Å². The topological polar surface area (TPSA) is 15.6 Å². The average Bonchev–Trinajstić information content (AvgIpc) is 3.70. The molecule has 0 spiro atoms. The number of aliphatic imine (C=N–C) groups is 1. The summed E-state index contributed by atoms with van der Waals surface area (Å²) in [6, 6.07) is 76.4. The van der Waals surface area contributed by atoms with E-state index in [9.17, 15) is 0 Å². The van der Waals surface area contributed by atoms with E-state index in [2.05, 4.69) is 239 Å². The Morgan fingerprint density at radius 2 is 0.950 bits per heavy atom. The quantitative estimate of drug-likeness (QED) is 0.164. The normalized spacial score (nSPS) is 15.8. The van der Waals surface area contributed by atoms with Crippen LogP contribution in [0.2, 0.25) is 0 Å². The molecule has 0 unspecified atom stereocenters. The molecule has 0 fully saturated rings. The molecule has 11 rings (SSSR count). The van der Waals surface area contributed by atoms with Crippen LogP contribution in [0.15, 0.2) is 211 Å². The number of fused-ring (bicyclic) bond motifs is 6. The van der Waals surface area contributed by atoms with E-state index < -0.39 is 5.41 Å². The SMILES string of the molecule is CC1(C)N=C(c2ccccc2)N(c2ccc(-c3cc4c(c5ccccc35)-c3ccc(-c5ccc6ccccc6c5)cc3C4(c3ccccc3)c3ccccc3)cc2)C1(C)C. The predicted octanol–water partition coefficient (Wildman–Crippen LogP) is 14.5. The standard InChI is InChI=1S/C58H46N2/c1-56(2)57(3,4)60(55(59-56)41-19-8-5-9-20-41)47-33-30-40(31-34-47)51-38-53-54(49-27-17-16-26-48(49)51)50-35-32-44(43-29-28-39-18-14-15-21-42(39)36-43)37-52(50)58(53,45-22-10-6-11-23-45)46-24-12-7-13-25-46/h5-38H,1-4H3. The maximum atomic E-state index is 5.34. The van der Waals surface area contributed by atoms with Gasteiger partial charge < -0.3 is 4.90 Å². The Bertz CT molecular complexity index is 3080. The molecule has 1 aliphatic carbocycles. The first kappa shape index (κ1) is 36.1. The first-order valence-corrected chi connectivity index (χ1v) is 21.1. The second-order valence-electron chi connectivity index (χ2n) is 17.5. The van der Waals surface area contributed by atoms with Gasteiger partial charge in [-0.15, -0.1) is 0 Å². The van der Waals surface area contributed by atoms with Gasteiger partial charge in [0.15, 0.2) is 0 Å². The molecular weight excluding hydrogens is 725 g/mol. The summed E-state index contributed by atoms with van der Waals surface area (Å²) in [5, 5.41) is 5.02. The Labute approximate surface area is 353 Å². The lowest BCUT2D eigenvalue weighted by Crippen LogP contribution is -2.53. The van der Waals surface area contributed by atoms with Crippen molar-refractivity contribution in [1.82, 2.24) is 0 Å². The Balaban J connectivity index is 1.14. The zero-order valence-corrected chi connectivity index (χ0v) is 34.5. The van der Waals surface area contributed by atoms with Crippen LogP contribution < -0.4 is 4.90 Å². The average molecular weight is 771 g/mol. The Morgan fingerprint density at radius 3 is 1.63 bits per heavy atom. The fourth-order valence-corrected chi connectivity index (χ4v) is 10.1. The van der Waals surface area contributed by atoms with Crippen LogP contribution >= 0.6 is 0 Å². The molecule has 9 aromatic rings. The number of hydrogen-bond donors (Lipinski definition) is 0. The van der Waals surface area contributed by atoms with Crippen molar-refractivity contribution < 1.29 is 0 Å². The first-order valence-electron chi connectivity index (χ1n) is 21.1. The highest BCUT2D eigenvalue weighted by Gasteiger charge is 2.50. The number of amidine groups is 1. The minimum Gasteiger partial charge on any atom is -0.318 e. The van der Waals surface area contributed by atoms with E-state index in [1.807, 2.05) is 0 Å². The number of benzene rings is 9. The summed E-state index contributed by atoms with van der Waals surface area (Å²) >= 11 is 0. The van der Waals surface area contributed by atoms with Crippen molar-refractivity contribution in [3.8, 4) is 33.4 Å². The molecule has 0 saturated carbocycles. The van der Waals surface area contributed by atoms with Gasteiger partial charge in [0.05, 0.1) is 16.5 Å². The molecule has 0 saturated heterocycles. The van der Waals surface area contributed by atoms with Gasteiger partial charge in [0.2, 0.25) is 0 Å². The van der Waals surface area contributed by atoms with E-state index in [-0.39, 0.29) is 11.1 Å². The highest BCUT2D eigenvalue weighted by molar-refractivity contribution is 6.13. The molecule has 0 bridgehead atoms. The van der Waals surface area contributed by atoms with E-state index in [1.54, 1.807) is 0 Å². The van der Waals surface area contributed by atoms with Crippen molar-refractivity contribution in [1.29, 1.82) is 0 Å². The van der Waals surface area contributed by atoms with E-state index in [1.165, 1.54) is 77.2 Å². The minimum absolute atomic E-state index is 0.248. The Kier molecular flexibility index (Phi) is 8.12. The molecule has 0 amide bonds. The third-order valence-electron chi connectivity index (χ3n) is 13.8. The summed E-state index contributed by atoms with van der Waals surface area (Å²) in [6.07, 6.45) is 0. The van der Waals surface area contributed by atoms with Crippen LogP contribution in [0.5, 0.6) is 0 Å². The Hall–Kier alpha value is -7.03. The summed E-state index contributed by atoms with van der Waals surface area (Å²) < 4.78 is 0. The lowest BCUT2D eigenvalue weighted by atomic mass is 9.67. The smallest absolute Gasteiger partial charge is 0.136 e. The molecule has 0 atom stereocenters. The van der Waals surface area contributed by atoms with Gasteiger partial charge in [-0.05, 0) is 135 Å².